The molecule has 1 aromatic heterocycles. The number of aryl methyl sites for hydroxylation is 3. The molecule has 0 fully saturated rings. The Bertz CT molecular complexity index is 807. The number of rotatable bonds is 4. The van der Waals surface area contributed by atoms with Gasteiger partial charge in [0.15, 0.2) is 12.4 Å². The van der Waals surface area contributed by atoms with Gasteiger partial charge in [-0.05, 0) is 38.5 Å². The normalized spacial score (nSPS) is 10.4. The lowest BCUT2D eigenvalue weighted by molar-refractivity contribution is -0.119. The fourth-order valence-electron chi connectivity index (χ4n) is 2.07. The highest BCUT2D eigenvalue weighted by Crippen LogP contribution is 2.25. The topological polar surface area (TPSA) is 68.3 Å². The number of nitrogens with zero attached hydrogens (tertiary/aromatic N) is 1. The number of ether oxygens (including phenoxy) is 1. The minimum Gasteiger partial charge on any atom is -0.452 e. The fourth-order valence-corrected chi connectivity index (χ4v) is 2.47. The molecule has 0 aliphatic rings. The summed E-state index contributed by atoms with van der Waals surface area (Å²) < 4.78 is 5.03. The van der Waals surface area contributed by atoms with Crippen molar-refractivity contribution in [2.75, 3.05) is 11.9 Å². The van der Waals surface area contributed by atoms with Crippen molar-refractivity contribution < 1.29 is 14.3 Å². The van der Waals surface area contributed by atoms with E-state index < -0.39 is 18.5 Å². The van der Waals surface area contributed by atoms with Crippen LogP contribution < -0.4 is 5.32 Å². The molecule has 1 N–H and O–H groups in total. The number of anilines is 1. The third-order valence-corrected chi connectivity index (χ3v) is 3.97. The Hall–Kier alpha value is -2.11. The molecule has 24 heavy (non-hydrogen) atoms. The zero-order chi connectivity index (χ0) is 17.9. The standard InChI is InChI=1S/C17H16Cl2N2O3/c1-9-4-5-12(10(2)6-9)17(23)24-8-15(22)21-16-14(19)7-13(18)11(3)20-16/h4-7H,8H2,1-3H3,(H,20,21,22). The van der Waals surface area contributed by atoms with E-state index in [0.717, 1.165) is 11.1 Å². The Kier molecular flexibility index (Phi) is 5.80. The second-order valence-electron chi connectivity index (χ2n) is 5.33. The number of benzene rings is 1. The molecule has 0 bridgehead atoms. The van der Waals surface area contributed by atoms with Gasteiger partial charge in [-0.2, -0.15) is 0 Å². The van der Waals surface area contributed by atoms with E-state index in [0.29, 0.717) is 16.3 Å². The van der Waals surface area contributed by atoms with Crippen molar-refractivity contribution in [1.29, 1.82) is 0 Å². The Morgan fingerprint density at radius 1 is 1.12 bits per heavy atom. The van der Waals surface area contributed by atoms with Gasteiger partial charge in [0.05, 0.1) is 21.3 Å². The summed E-state index contributed by atoms with van der Waals surface area (Å²) in [5.41, 5.74) is 2.79. The van der Waals surface area contributed by atoms with Crippen molar-refractivity contribution in [3.8, 4) is 0 Å². The highest BCUT2D eigenvalue weighted by atomic mass is 35.5. The van der Waals surface area contributed by atoms with Crippen LogP contribution in [0.5, 0.6) is 0 Å². The SMILES string of the molecule is Cc1ccc(C(=O)OCC(=O)Nc2nc(C)c(Cl)cc2Cl)c(C)c1. The minimum atomic E-state index is -0.561. The van der Waals surface area contributed by atoms with Crippen LogP contribution in [0.4, 0.5) is 5.82 Å². The van der Waals surface area contributed by atoms with Crippen LogP contribution in [-0.2, 0) is 9.53 Å². The van der Waals surface area contributed by atoms with Gasteiger partial charge in [0.25, 0.3) is 5.91 Å². The van der Waals surface area contributed by atoms with E-state index in [-0.39, 0.29) is 10.8 Å². The van der Waals surface area contributed by atoms with Crippen LogP contribution >= 0.6 is 23.2 Å². The van der Waals surface area contributed by atoms with E-state index in [4.69, 9.17) is 27.9 Å². The number of amides is 1. The molecule has 0 spiro atoms. The fraction of sp³-hybridized carbons (Fsp3) is 0.235. The third kappa shape index (κ3) is 4.46. The smallest absolute Gasteiger partial charge is 0.338 e. The zero-order valence-electron chi connectivity index (χ0n) is 13.4. The van der Waals surface area contributed by atoms with Gasteiger partial charge in [0, 0.05) is 0 Å². The first kappa shape index (κ1) is 18.2. The molecule has 0 aliphatic carbocycles. The summed E-state index contributed by atoms with van der Waals surface area (Å²) >= 11 is 11.9. The summed E-state index contributed by atoms with van der Waals surface area (Å²) in [6, 6.07) is 6.84. The van der Waals surface area contributed by atoms with Gasteiger partial charge in [-0.3, -0.25) is 4.79 Å². The van der Waals surface area contributed by atoms with Crippen LogP contribution in [0.15, 0.2) is 24.3 Å². The molecule has 0 aliphatic heterocycles. The van der Waals surface area contributed by atoms with Gasteiger partial charge in [0.1, 0.15) is 0 Å². The van der Waals surface area contributed by atoms with Crippen LogP contribution in [0, 0.1) is 20.8 Å². The summed E-state index contributed by atoms with van der Waals surface area (Å²) in [6.07, 6.45) is 0. The molecule has 1 heterocycles. The monoisotopic (exact) mass is 366 g/mol. The first-order chi connectivity index (χ1) is 11.3. The largest absolute Gasteiger partial charge is 0.452 e. The molecule has 0 radical (unpaired) electrons. The van der Waals surface area contributed by atoms with Gasteiger partial charge < -0.3 is 10.1 Å². The predicted octanol–water partition coefficient (Wildman–Crippen LogP) is 4.11. The highest BCUT2D eigenvalue weighted by molar-refractivity contribution is 6.36. The molecular formula is C17H16Cl2N2O3. The van der Waals surface area contributed by atoms with E-state index in [1.165, 1.54) is 6.07 Å². The van der Waals surface area contributed by atoms with E-state index >= 15 is 0 Å². The molecule has 0 saturated carbocycles. The van der Waals surface area contributed by atoms with E-state index in [9.17, 15) is 9.59 Å². The maximum absolute atomic E-state index is 12.0. The van der Waals surface area contributed by atoms with E-state index in [2.05, 4.69) is 10.3 Å². The number of hydrogen-bond donors (Lipinski definition) is 1. The average molecular weight is 367 g/mol. The van der Waals surface area contributed by atoms with Crippen LogP contribution in [-0.4, -0.2) is 23.5 Å². The van der Waals surface area contributed by atoms with E-state index in [1.807, 2.05) is 26.0 Å². The highest BCUT2D eigenvalue weighted by Gasteiger charge is 2.14. The molecule has 0 unspecified atom stereocenters. The minimum absolute atomic E-state index is 0.172. The van der Waals surface area contributed by atoms with Crippen LogP contribution in [0.3, 0.4) is 0 Å². The number of hydrogen-bond acceptors (Lipinski definition) is 4. The lowest BCUT2D eigenvalue weighted by atomic mass is 10.1. The molecule has 0 saturated heterocycles. The molecule has 7 heteroatoms. The van der Waals surface area contributed by atoms with Crippen molar-refractivity contribution in [2.24, 2.45) is 0 Å². The molecule has 5 nitrogen and oxygen atoms in total. The second-order valence-corrected chi connectivity index (χ2v) is 6.14. The maximum atomic E-state index is 12.0. The van der Waals surface area contributed by atoms with Crippen LogP contribution in [0.2, 0.25) is 10.0 Å². The Morgan fingerprint density at radius 3 is 2.50 bits per heavy atom. The van der Waals surface area contributed by atoms with Gasteiger partial charge in [-0.15, -0.1) is 0 Å². The van der Waals surface area contributed by atoms with Gasteiger partial charge in [-0.25, -0.2) is 9.78 Å². The second kappa shape index (κ2) is 7.64. The Balaban J connectivity index is 1.98. The van der Waals surface area contributed by atoms with Gasteiger partial charge >= 0.3 is 5.97 Å². The lowest BCUT2D eigenvalue weighted by Gasteiger charge is -2.10. The van der Waals surface area contributed by atoms with Crippen molar-refractivity contribution in [1.82, 2.24) is 4.98 Å². The number of nitrogens with one attached hydrogen (secondary N) is 1. The summed E-state index contributed by atoms with van der Waals surface area (Å²) in [5, 5.41) is 3.10. The maximum Gasteiger partial charge on any atom is 0.338 e. The molecule has 126 valence electrons. The number of esters is 1. The number of halogens is 2. The van der Waals surface area contributed by atoms with Gasteiger partial charge in [0.2, 0.25) is 0 Å². The number of aromatic nitrogens is 1. The molecule has 1 amide bonds. The summed E-state index contributed by atoms with van der Waals surface area (Å²) in [6.45, 7) is 4.99. The van der Waals surface area contributed by atoms with Crippen molar-refractivity contribution in [3.63, 3.8) is 0 Å². The molecule has 2 rings (SSSR count). The van der Waals surface area contributed by atoms with Crippen molar-refractivity contribution in [3.05, 3.63) is 56.7 Å². The molecule has 0 atom stereocenters. The summed E-state index contributed by atoms with van der Waals surface area (Å²) in [5.74, 6) is -0.927. The van der Waals surface area contributed by atoms with Crippen LogP contribution in [0.25, 0.3) is 0 Å². The molecule has 2 aromatic rings. The first-order valence-corrected chi connectivity index (χ1v) is 7.90. The van der Waals surface area contributed by atoms with E-state index in [1.54, 1.807) is 13.0 Å². The molecular weight excluding hydrogens is 351 g/mol. The third-order valence-electron chi connectivity index (χ3n) is 3.30. The quantitative estimate of drug-likeness (QED) is 0.826. The molecule has 1 aromatic carbocycles. The Morgan fingerprint density at radius 2 is 1.83 bits per heavy atom. The summed E-state index contributed by atoms with van der Waals surface area (Å²) in [7, 11) is 0. The lowest BCUT2D eigenvalue weighted by Crippen LogP contribution is -2.22. The number of carbonyl (C=O) groups excluding carboxylic acids is 2. The van der Waals surface area contributed by atoms with Crippen molar-refractivity contribution >= 4 is 40.9 Å². The zero-order valence-corrected chi connectivity index (χ0v) is 15.0. The summed E-state index contributed by atoms with van der Waals surface area (Å²) in [4.78, 5) is 28.0. The predicted molar refractivity (Wildman–Crippen MR) is 93.8 cm³/mol. The first-order valence-electron chi connectivity index (χ1n) is 7.15. The number of carbonyl (C=O) groups is 2. The van der Waals surface area contributed by atoms with Crippen LogP contribution in [0.1, 0.15) is 27.2 Å². The number of pyridine rings is 1. The van der Waals surface area contributed by atoms with Gasteiger partial charge in [-0.1, -0.05) is 40.9 Å². The van der Waals surface area contributed by atoms with Crippen molar-refractivity contribution in [2.45, 2.75) is 20.8 Å². The Labute approximate surface area is 149 Å². The average Bonchev–Trinajstić information content (AvgIpc) is 2.50.